The summed E-state index contributed by atoms with van der Waals surface area (Å²) in [6.45, 7) is 1.48. The summed E-state index contributed by atoms with van der Waals surface area (Å²) >= 11 is 0. The van der Waals surface area contributed by atoms with Gasteiger partial charge in [0.1, 0.15) is 5.78 Å². The van der Waals surface area contributed by atoms with Crippen molar-refractivity contribution in [3.8, 4) is 0 Å². The van der Waals surface area contributed by atoms with E-state index in [1.165, 1.54) is 13.0 Å². The number of ketones is 1. The third-order valence-corrected chi connectivity index (χ3v) is 0.921. The molecule has 0 aromatic carbocycles. The van der Waals surface area contributed by atoms with Gasteiger partial charge in [-0.3, -0.25) is 9.59 Å². The first-order chi connectivity index (χ1) is 4.66. The Bertz CT molecular complexity index is 161. The summed E-state index contributed by atoms with van der Waals surface area (Å²) in [6.07, 6.45) is 3.22. The molecule has 56 valence electrons. The van der Waals surface area contributed by atoms with Gasteiger partial charge >= 0.3 is 0 Å². The summed E-state index contributed by atoms with van der Waals surface area (Å²) < 4.78 is 0. The lowest BCUT2D eigenvalue weighted by atomic mass is 10.3. The molecule has 0 rings (SSSR count). The Labute approximate surface area is 60.1 Å². The van der Waals surface area contributed by atoms with E-state index in [0.29, 0.717) is 6.42 Å². The van der Waals surface area contributed by atoms with Gasteiger partial charge in [-0.05, 0) is 13.0 Å². The summed E-state index contributed by atoms with van der Waals surface area (Å²) in [5.41, 5.74) is 0. The van der Waals surface area contributed by atoms with Crippen LogP contribution in [0.15, 0.2) is 12.2 Å². The SMILES string of the molecule is CNC(=O)/C=C/CC(C)=O. The van der Waals surface area contributed by atoms with Gasteiger partial charge < -0.3 is 5.32 Å². The molecule has 0 heterocycles. The van der Waals surface area contributed by atoms with E-state index in [9.17, 15) is 9.59 Å². The van der Waals surface area contributed by atoms with Crippen molar-refractivity contribution < 1.29 is 9.59 Å². The van der Waals surface area contributed by atoms with Crippen LogP contribution in [0.25, 0.3) is 0 Å². The molecule has 0 aliphatic heterocycles. The molecule has 3 heteroatoms. The predicted molar refractivity (Wildman–Crippen MR) is 38.5 cm³/mol. The minimum atomic E-state index is -0.179. The van der Waals surface area contributed by atoms with E-state index in [0.717, 1.165) is 0 Å². The normalized spacial score (nSPS) is 9.80. The zero-order chi connectivity index (χ0) is 7.98. The fourth-order valence-corrected chi connectivity index (χ4v) is 0.415. The molecule has 0 unspecified atom stereocenters. The summed E-state index contributed by atoms with van der Waals surface area (Å²) in [5, 5.41) is 2.40. The summed E-state index contributed by atoms with van der Waals surface area (Å²) in [4.78, 5) is 20.8. The number of carbonyl (C=O) groups excluding carboxylic acids is 2. The Balaban J connectivity index is 3.56. The Morgan fingerprint density at radius 1 is 1.50 bits per heavy atom. The molecule has 10 heavy (non-hydrogen) atoms. The molecular formula is C7H11NO2. The van der Waals surface area contributed by atoms with Crippen LogP contribution in [0.2, 0.25) is 0 Å². The van der Waals surface area contributed by atoms with Gasteiger partial charge in [-0.15, -0.1) is 0 Å². The topological polar surface area (TPSA) is 46.2 Å². The fourth-order valence-electron chi connectivity index (χ4n) is 0.415. The van der Waals surface area contributed by atoms with Crippen molar-refractivity contribution in [3.05, 3.63) is 12.2 Å². The molecule has 0 atom stereocenters. The molecule has 0 radical (unpaired) electrons. The van der Waals surface area contributed by atoms with Gasteiger partial charge in [0.15, 0.2) is 0 Å². The molecule has 0 fully saturated rings. The van der Waals surface area contributed by atoms with E-state index < -0.39 is 0 Å². The Hall–Kier alpha value is -1.12. The maximum Gasteiger partial charge on any atom is 0.243 e. The van der Waals surface area contributed by atoms with E-state index >= 15 is 0 Å². The van der Waals surface area contributed by atoms with Crippen LogP contribution in [0.1, 0.15) is 13.3 Å². The second-order valence-corrected chi connectivity index (χ2v) is 1.92. The van der Waals surface area contributed by atoms with Gasteiger partial charge in [0.25, 0.3) is 0 Å². The number of allylic oxidation sites excluding steroid dienone is 1. The van der Waals surface area contributed by atoms with E-state index in [2.05, 4.69) is 5.32 Å². The minimum Gasteiger partial charge on any atom is -0.356 e. The highest BCUT2D eigenvalue weighted by Crippen LogP contribution is 1.83. The van der Waals surface area contributed by atoms with Crippen molar-refractivity contribution in [3.63, 3.8) is 0 Å². The van der Waals surface area contributed by atoms with Crippen molar-refractivity contribution in [2.75, 3.05) is 7.05 Å². The molecule has 0 aromatic heterocycles. The summed E-state index contributed by atoms with van der Waals surface area (Å²) in [5.74, 6) is -0.124. The highest BCUT2D eigenvalue weighted by Gasteiger charge is 1.89. The number of amides is 1. The molecule has 3 nitrogen and oxygen atoms in total. The smallest absolute Gasteiger partial charge is 0.243 e. The highest BCUT2D eigenvalue weighted by molar-refractivity contribution is 5.88. The van der Waals surface area contributed by atoms with Gasteiger partial charge in [0.05, 0.1) is 0 Å². The second kappa shape index (κ2) is 4.73. The van der Waals surface area contributed by atoms with Gasteiger partial charge in [-0.2, -0.15) is 0 Å². The number of likely N-dealkylation sites (N-methyl/N-ethyl adjacent to an activating group) is 1. The molecule has 0 saturated heterocycles. The van der Waals surface area contributed by atoms with Crippen LogP contribution in [-0.4, -0.2) is 18.7 Å². The molecule has 0 spiro atoms. The van der Waals surface area contributed by atoms with Crippen molar-refractivity contribution in [2.24, 2.45) is 0 Å². The van der Waals surface area contributed by atoms with Gasteiger partial charge in [-0.25, -0.2) is 0 Å². The van der Waals surface area contributed by atoms with Crippen molar-refractivity contribution in [2.45, 2.75) is 13.3 Å². The monoisotopic (exact) mass is 141 g/mol. The van der Waals surface area contributed by atoms with Crippen molar-refractivity contribution in [1.29, 1.82) is 0 Å². The van der Waals surface area contributed by atoms with E-state index in [4.69, 9.17) is 0 Å². The largest absolute Gasteiger partial charge is 0.356 e. The van der Waals surface area contributed by atoms with Crippen LogP contribution < -0.4 is 5.32 Å². The van der Waals surface area contributed by atoms with Crippen LogP contribution in [0.4, 0.5) is 0 Å². The molecule has 0 aliphatic carbocycles. The summed E-state index contributed by atoms with van der Waals surface area (Å²) in [7, 11) is 1.54. The minimum absolute atomic E-state index is 0.0557. The molecule has 0 saturated carbocycles. The maximum atomic E-state index is 10.5. The number of Topliss-reactive ketones (excluding diaryl/α,β-unsaturated/α-hetero) is 1. The number of rotatable bonds is 3. The number of nitrogens with one attached hydrogen (secondary N) is 1. The first-order valence-electron chi connectivity index (χ1n) is 3.04. The molecule has 0 aromatic rings. The third-order valence-electron chi connectivity index (χ3n) is 0.921. The first-order valence-corrected chi connectivity index (χ1v) is 3.04. The Kier molecular flexibility index (Phi) is 4.20. The first kappa shape index (κ1) is 8.88. The van der Waals surface area contributed by atoms with Crippen molar-refractivity contribution >= 4 is 11.7 Å². The Morgan fingerprint density at radius 2 is 2.10 bits per heavy atom. The Morgan fingerprint density at radius 3 is 2.50 bits per heavy atom. The average molecular weight is 141 g/mol. The highest BCUT2D eigenvalue weighted by atomic mass is 16.1. The number of carbonyl (C=O) groups is 2. The average Bonchev–Trinajstić information content (AvgIpc) is 1.87. The zero-order valence-corrected chi connectivity index (χ0v) is 6.18. The quantitative estimate of drug-likeness (QED) is 0.573. The molecule has 1 N–H and O–H groups in total. The van der Waals surface area contributed by atoms with Gasteiger partial charge in [-0.1, -0.05) is 6.08 Å². The lowest BCUT2D eigenvalue weighted by molar-refractivity contribution is -0.116. The van der Waals surface area contributed by atoms with Crippen LogP contribution in [-0.2, 0) is 9.59 Å². The number of hydrogen-bond acceptors (Lipinski definition) is 2. The molecular weight excluding hydrogens is 130 g/mol. The van der Waals surface area contributed by atoms with Crippen LogP contribution >= 0.6 is 0 Å². The standard InChI is InChI=1S/C7H11NO2/c1-6(9)4-3-5-7(10)8-2/h3,5H,4H2,1-2H3,(H,8,10)/b5-3+. The van der Waals surface area contributed by atoms with Crippen LogP contribution in [0.5, 0.6) is 0 Å². The lowest BCUT2D eigenvalue weighted by Gasteiger charge is -1.87. The van der Waals surface area contributed by atoms with Gasteiger partial charge in [0.2, 0.25) is 5.91 Å². The predicted octanol–water partition coefficient (Wildman–Crippen LogP) is 0.268. The van der Waals surface area contributed by atoms with Gasteiger partial charge in [0, 0.05) is 13.5 Å². The lowest BCUT2D eigenvalue weighted by Crippen LogP contribution is -2.14. The molecule has 1 amide bonds. The molecule has 0 bridgehead atoms. The van der Waals surface area contributed by atoms with Crippen LogP contribution in [0, 0.1) is 0 Å². The fraction of sp³-hybridized carbons (Fsp3) is 0.429. The zero-order valence-electron chi connectivity index (χ0n) is 6.18. The third kappa shape index (κ3) is 5.03. The van der Waals surface area contributed by atoms with E-state index in [1.54, 1.807) is 13.1 Å². The number of hydrogen-bond donors (Lipinski definition) is 1. The van der Waals surface area contributed by atoms with E-state index in [-0.39, 0.29) is 11.7 Å². The second-order valence-electron chi connectivity index (χ2n) is 1.92. The molecule has 0 aliphatic rings. The van der Waals surface area contributed by atoms with E-state index in [1.807, 2.05) is 0 Å². The maximum absolute atomic E-state index is 10.5. The van der Waals surface area contributed by atoms with Crippen LogP contribution in [0.3, 0.4) is 0 Å². The van der Waals surface area contributed by atoms with Crippen molar-refractivity contribution in [1.82, 2.24) is 5.32 Å². The summed E-state index contributed by atoms with van der Waals surface area (Å²) in [6, 6.07) is 0.